The summed E-state index contributed by atoms with van der Waals surface area (Å²) in [7, 11) is 0. The quantitative estimate of drug-likeness (QED) is 0.500. The topological polar surface area (TPSA) is 112 Å². The SMILES string of the molecule is O=C(CCc1nc(-c2ccco2)no1)NCc1ccc(Cn2cncn2)cc1. The molecule has 1 amide bonds. The highest BCUT2D eigenvalue weighted by atomic mass is 16.5. The van der Waals surface area contributed by atoms with Crippen molar-refractivity contribution in [2.75, 3.05) is 0 Å². The van der Waals surface area contributed by atoms with Crippen molar-refractivity contribution in [1.82, 2.24) is 30.2 Å². The van der Waals surface area contributed by atoms with Crippen LogP contribution in [0, 0.1) is 0 Å². The summed E-state index contributed by atoms with van der Waals surface area (Å²) < 4.78 is 12.1. The molecule has 4 rings (SSSR count). The number of rotatable bonds is 8. The molecular weight excluding hydrogens is 360 g/mol. The van der Waals surface area contributed by atoms with Crippen molar-refractivity contribution in [3.8, 4) is 11.6 Å². The van der Waals surface area contributed by atoms with Gasteiger partial charge in [0.2, 0.25) is 17.6 Å². The lowest BCUT2D eigenvalue weighted by Gasteiger charge is -2.06. The standard InChI is InChI=1S/C19H18N6O3/c26-17(7-8-18-23-19(24-28-18)16-2-1-9-27-16)21-10-14-3-5-15(6-4-14)11-25-13-20-12-22-25/h1-6,9,12-13H,7-8,10-11H2,(H,21,26). The van der Waals surface area contributed by atoms with Crippen LogP contribution in [0.1, 0.15) is 23.4 Å². The summed E-state index contributed by atoms with van der Waals surface area (Å²) in [6.07, 6.45) is 5.37. The predicted octanol–water partition coefficient (Wildman–Crippen LogP) is 2.22. The number of benzene rings is 1. The number of carbonyl (C=O) groups is 1. The number of furan rings is 1. The minimum atomic E-state index is -0.0792. The number of amides is 1. The van der Waals surface area contributed by atoms with E-state index in [1.165, 1.54) is 6.33 Å². The maximum absolute atomic E-state index is 12.1. The molecule has 0 fully saturated rings. The summed E-state index contributed by atoms with van der Waals surface area (Å²) in [4.78, 5) is 20.2. The molecule has 1 N–H and O–H groups in total. The van der Waals surface area contributed by atoms with Crippen LogP contribution in [0.3, 0.4) is 0 Å². The van der Waals surface area contributed by atoms with Crippen LogP contribution in [0.4, 0.5) is 0 Å². The van der Waals surface area contributed by atoms with Gasteiger partial charge in [0.1, 0.15) is 12.7 Å². The van der Waals surface area contributed by atoms with Gasteiger partial charge < -0.3 is 14.3 Å². The zero-order valence-corrected chi connectivity index (χ0v) is 15.0. The van der Waals surface area contributed by atoms with Gasteiger partial charge in [-0.25, -0.2) is 9.67 Å². The fraction of sp³-hybridized carbons (Fsp3) is 0.211. The first-order valence-corrected chi connectivity index (χ1v) is 8.79. The molecule has 3 heterocycles. The lowest BCUT2D eigenvalue weighted by molar-refractivity contribution is -0.121. The van der Waals surface area contributed by atoms with Gasteiger partial charge in [0.15, 0.2) is 5.76 Å². The second-order valence-electron chi connectivity index (χ2n) is 6.18. The highest BCUT2D eigenvalue weighted by molar-refractivity contribution is 5.76. The molecule has 0 saturated heterocycles. The third kappa shape index (κ3) is 4.50. The summed E-state index contributed by atoms with van der Waals surface area (Å²) in [6.45, 7) is 1.13. The third-order valence-corrected chi connectivity index (χ3v) is 4.10. The first-order chi connectivity index (χ1) is 13.8. The molecule has 0 spiro atoms. The van der Waals surface area contributed by atoms with Crippen LogP contribution in [0.2, 0.25) is 0 Å². The van der Waals surface area contributed by atoms with Gasteiger partial charge in [-0.1, -0.05) is 29.4 Å². The minimum Gasteiger partial charge on any atom is -0.461 e. The summed E-state index contributed by atoms with van der Waals surface area (Å²) in [6, 6.07) is 11.5. The van der Waals surface area contributed by atoms with Crippen molar-refractivity contribution in [3.05, 3.63) is 72.3 Å². The Morgan fingerprint density at radius 1 is 1.14 bits per heavy atom. The van der Waals surface area contributed by atoms with Gasteiger partial charge in [0, 0.05) is 19.4 Å². The monoisotopic (exact) mass is 378 g/mol. The van der Waals surface area contributed by atoms with Gasteiger partial charge in [-0.2, -0.15) is 10.1 Å². The third-order valence-electron chi connectivity index (χ3n) is 4.10. The van der Waals surface area contributed by atoms with Crippen molar-refractivity contribution in [2.45, 2.75) is 25.9 Å². The molecule has 3 aromatic heterocycles. The van der Waals surface area contributed by atoms with E-state index in [-0.39, 0.29) is 12.3 Å². The number of nitrogens with zero attached hydrogens (tertiary/aromatic N) is 5. The summed E-state index contributed by atoms with van der Waals surface area (Å²) in [5.41, 5.74) is 2.14. The van der Waals surface area contributed by atoms with E-state index >= 15 is 0 Å². The first kappa shape index (κ1) is 17.7. The van der Waals surface area contributed by atoms with Crippen LogP contribution < -0.4 is 5.32 Å². The van der Waals surface area contributed by atoms with E-state index in [0.717, 1.165) is 11.1 Å². The number of aromatic nitrogens is 5. The molecule has 4 aromatic rings. The van der Waals surface area contributed by atoms with Gasteiger partial charge in [0.05, 0.1) is 12.8 Å². The molecule has 0 unspecified atom stereocenters. The van der Waals surface area contributed by atoms with E-state index in [4.69, 9.17) is 8.94 Å². The highest BCUT2D eigenvalue weighted by Gasteiger charge is 2.12. The van der Waals surface area contributed by atoms with E-state index in [2.05, 4.69) is 25.5 Å². The average Bonchev–Trinajstić information content (AvgIpc) is 3.48. The smallest absolute Gasteiger partial charge is 0.238 e. The molecule has 9 heteroatoms. The van der Waals surface area contributed by atoms with Crippen LogP contribution in [0.15, 0.2) is 64.3 Å². The van der Waals surface area contributed by atoms with Gasteiger partial charge in [-0.3, -0.25) is 4.79 Å². The molecule has 0 aliphatic carbocycles. The zero-order chi connectivity index (χ0) is 19.2. The Kier molecular flexibility index (Phi) is 5.23. The van der Waals surface area contributed by atoms with Crippen molar-refractivity contribution < 1.29 is 13.7 Å². The Labute approximate surface area is 160 Å². The Bertz CT molecular complexity index is 1010. The summed E-state index contributed by atoms with van der Waals surface area (Å²) in [5.74, 6) is 1.24. The van der Waals surface area contributed by atoms with Crippen LogP contribution >= 0.6 is 0 Å². The van der Waals surface area contributed by atoms with E-state index in [1.54, 1.807) is 29.4 Å². The fourth-order valence-electron chi connectivity index (χ4n) is 2.64. The van der Waals surface area contributed by atoms with E-state index in [1.807, 2.05) is 24.3 Å². The molecule has 1 aromatic carbocycles. The Morgan fingerprint density at radius 3 is 2.75 bits per heavy atom. The van der Waals surface area contributed by atoms with Crippen LogP contribution in [0.5, 0.6) is 0 Å². The molecule has 142 valence electrons. The molecule has 0 aliphatic heterocycles. The number of aryl methyl sites for hydroxylation is 1. The first-order valence-electron chi connectivity index (χ1n) is 8.79. The largest absolute Gasteiger partial charge is 0.461 e. The number of carbonyl (C=O) groups excluding carboxylic acids is 1. The maximum Gasteiger partial charge on any atom is 0.238 e. The zero-order valence-electron chi connectivity index (χ0n) is 15.0. The summed E-state index contributed by atoms with van der Waals surface area (Å²) in [5, 5.41) is 10.8. The number of nitrogens with one attached hydrogen (secondary N) is 1. The maximum atomic E-state index is 12.1. The van der Waals surface area contributed by atoms with Crippen LogP contribution in [-0.2, 0) is 24.3 Å². The number of hydrogen-bond acceptors (Lipinski definition) is 7. The average molecular weight is 378 g/mol. The van der Waals surface area contributed by atoms with E-state index in [0.29, 0.717) is 37.0 Å². The van der Waals surface area contributed by atoms with Gasteiger partial charge in [-0.05, 0) is 23.3 Å². The summed E-state index contributed by atoms with van der Waals surface area (Å²) >= 11 is 0. The lowest BCUT2D eigenvalue weighted by Crippen LogP contribution is -2.23. The number of hydrogen-bond donors (Lipinski definition) is 1. The van der Waals surface area contributed by atoms with E-state index in [9.17, 15) is 4.79 Å². The Hall–Kier alpha value is -3.75. The lowest BCUT2D eigenvalue weighted by atomic mass is 10.1. The van der Waals surface area contributed by atoms with E-state index < -0.39 is 0 Å². The van der Waals surface area contributed by atoms with Gasteiger partial charge in [0.25, 0.3) is 0 Å². The highest BCUT2D eigenvalue weighted by Crippen LogP contribution is 2.16. The molecule has 0 bridgehead atoms. The van der Waals surface area contributed by atoms with Crippen molar-refractivity contribution in [1.29, 1.82) is 0 Å². The van der Waals surface area contributed by atoms with Crippen LogP contribution in [-0.4, -0.2) is 30.8 Å². The van der Waals surface area contributed by atoms with Crippen molar-refractivity contribution in [2.24, 2.45) is 0 Å². The molecule has 0 saturated carbocycles. The molecule has 9 nitrogen and oxygen atoms in total. The van der Waals surface area contributed by atoms with Crippen LogP contribution in [0.25, 0.3) is 11.6 Å². The Morgan fingerprint density at radius 2 is 2.00 bits per heavy atom. The minimum absolute atomic E-state index is 0.0792. The molecule has 0 radical (unpaired) electrons. The predicted molar refractivity (Wildman–Crippen MR) is 97.7 cm³/mol. The second kappa shape index (κ2) is 8.30. The van der Waals surface area contributed by atoms with Crippen molar-refractivity contribution in [3.63, 3.8) is 0 Å². The normalized spacial score (nSPS) is 10.9. The fourth-order valence-corrected chi connectivity index (χ4v) is 2.64. The molecule has 28 heavy (non-hydrogen) atoms. The van der Waals surface area contributed by atoms with Gasteiger partial charge in [-0.15, -0.1) is 0 Å². The molecular formula is C19H18N6O3. The van der Waals surface area contributed by atoms with Crippen molar-refractivity contribution >= 4 is 5.91 Å². The molecule has 0 aliphatic rings. The Balaban J connectivity index is 1.22. The van der Waals surface area contributed by atoms with Gasteiger partial charge >= 0.3 is 0 Å². The second-order valence-corrected chi connectivity index (χ2v) is 6.18. The molecule has 0 atom stereocenters.